The first-order chi connectivity index (χ1) is 9.00. The van der Waals surface area contributed by atoms with Crippen molar-refractivity contribution in [2.24, 2.45) is 0 Å². The average molecular weight is 262 g/mol. The minimum atomic E-state index is -0.791. The van der Waals surface area contributed by atoms with E-state index >= 15 is 0 Å². The zero-order chi connectivity index (χ0) is 14.3. The highest BCUT2D eigenvalue weighted by Gasteiger charge is 2.04. The van der Waals surface area contributed by atoms with Gasteiger partial charge in [-0.3, -0.25) is 9.59 Å². The summed E-state index contributed by atoms with van der Waals surface area (Å²) in [6, 6.07) is 4.79. The van der Waals surface area contributed by atoms with Crippen LogP contribution >= 0.6 is 0 Å². The highest BCUT2D eigenvalue weighted by Crippen LogP contribution is 2.19. The molecule has 4 nitrogen and oxygen atoms in total. The van der Waals surface area contributed by atoms with Crippen LogP contribution in [-0.2, 0) is 11.2 Å². The van der Waals surface area contributed by atoms with Gasteiger partial charge in [-0.15, -0.1) is 0 Å². The number of ketones is 1. The molecule has 0 aromatic heterocycles. The summed E-state index contributed by atoms with van der Waals surface area (Å²) in [4.78, 5) is 21.5. The molecular formula is C15H18O4. The van der Waals surface area contributed by atoms with Crippen molar-refractivity contribution in [2.45, 2.75) is 32.6 Å². The number of carbonyl (C=O) groups excluding carboxylic acids is 1. The van der Waals surface area contributed by atoms with Gasteiger partial charge >= 0.3 is 5.97 Å². The van der Waals surface area contributed by atoms with E-state index in [1.807, 2.05) is 12.2 Å². The van der Waals surface area contributed by atoms with Gasteiger partial charge in [0.15, 0.2) is 5.78 Å². The van der Waals surface area contributed by atoms with E-state index in [9.17, 15) is 14.7 Å². The third kappa shape index (κ3) is 5.38. The Morgan fingerprint density at radius 3 is 2.63 bits per heavy atom. The summed E-state index contributed by atoms with van der Waals surface area (Å²) < 4.78 is 0. The number of aliphatic carboxylic acids is 1. The molecule has 0 aliphatic rings. The van der Waals surface area contributed by atoms with E-state index in [-0.39, 0.29) is 18.0 Å². The second-order valence-corrected chi connectivity index (χ2v) is 4.36. The average Bonchev–Trinajstić information content (AvgIpc) is 2.34. The third-order valence-corrected chi connectivity index (χ3v) is 2.75. The van der Waals surface area contributed by atoms with Crippen molar-refractivity contribution in [3.8, 4) is 5.75 Å². The second-order valence-electron chi connectivity index (χ2n) is 4.36. The van der Waals surface area contributed by atoms with Gasteiger partial charge in [0, 0.05) is 12.0 Å². The van der Waals surface area contributed by atoms with E-state index in [4.69, 9.17) is 5.11 Å². The quantitative estimate of drug-likeness (QED) is 0.450. The largest absolute Gasteiger partial charge is 0.508 e. The molecule has 4 heteroatoms. The number of unbranched alkanes of at least 4 members (excludes halogenated alkanes) is 1. The van der Waals surface area contributed by atoms with Gasteiger partial charge in [0.1, 0.15) is 5.75 Å². The van der Waals surface area contributed by atoms with Crippen LogP contribution < -0.4 is 0 Å². The Morgan fingerprint density at radius 1 is 1.26 bits per heavy atom. The Morgan fingerprint density at radius 2 is 2.00 bits per heavy atom. The van der Waals surface area contributed by atoms with Crippen LogP contribution in [-0.4, -0.2) is 22.0 Å². The van der Waals surface area contributed by atoms with Gasteiger partial charge in [0.05, 0.1) is 0 Å². The molecule has 0 saturated heterocycles. The molecule has 0 aliphatic heterocycles. The van der Waals surface area contributed by atoms with E-state index in [2.05, 4.69) is 0 Å². The molecule has 1 aromatic carbocycles. The van der Waals surface area contributed by atoms with Crippen LogP contribution in [0.3, 0.4) is 0 Å². The molecule has 0 spiro atoms. The summed E-state index contributed by atoms with van der Waals surface area (Å²) in [7, 11) is 0. The minimum absolute atomic E-state index is 0.0355. The van der Waals surface area contributed by atoms with Gasteiger partial charge in [0.2, 0.25) is 0 Å². The number of allylic oxidation sites excluding steroid dienone is 2. The standard InChI is InChI=1S/C15H18O4/c1-11(16)12-8-9-14(17)13(10-12)6-4-2-3-5-7-15(18)19/h2,4,8-10,17H,3,5-7H2,1H3,(H,18,19)/b4-2-. The number of phenolic OH excluding ortho intramolecular Hbond substituents is 1. The Kier molecular flexibility index (Phi) is 5.79. The lowest BCUT2D eigenvalue weighted by Crippen LogP contribution is -1.94. The van der Waals surface area contributed by atoms with Gasteiger partial charge < -0.3 is 10.2 Å². The molecule has 0 unspecified atom stereocenters. The number of aromatic hydroxyl groups is 1. The van der Waals surface area contributed by atoms with Crippen LogP contribution in [0.2, 0.25) is 0 Å². The van der Waals surface area contributed by atoms with Crippen LogP contribution in [0.4, 0.5) is 0 Å². The lowest BCUT2D eigenvalue weighted by molar-refractivity contribution is -0.137. The zero-order valence-electron chi connectivity index (χ0n) is 10.9. The fourth-order valence-electron chi connectivity index (χ4n) is 1.67. The normalized spacial score (nSPS) is 10.8. The van der Waals surface area contributed by atoms with Crippen molar-refractivity contribution in [2.75, 3.05) is 0 Å². The predicted octanol–water partition coefficient (Wildman–Crippen LogP) is 2.95. The molecule has 102 valence electrons. The van der Waals surface area contributed by atoms with Gasteiger partial charge in [0.25, 0.3) is 0 Å². The van der Waals surface area contributed by atoms with E-state index in [1.54, 1.807) is 12.1 Å². The smallest absolute Gasteiger partial charge is 0.303 e. The van der Waals surface area contributed by atoms with Crippen molar-refractivity contribution >= 4 is 11.8 Å². The summed E-state index contributed by atoms with van der Waals surface area (Å²) in [5, 5.41) is 18.1. The molecule has 1 aromatic rings. The molecule has 0 heterocycles. The third-order valence-electron chi connectivity index (χ3n) is 2.75. The molecule has 19 heavy (non-hydrogen) atoms. The lowest BCUT2D eigenvalue weighted by atomic mass is 10.0. The van der Waals surface area contributed by atoms with Crippen LogP contribution in [0, 0.1) is 0 Å². The van der Waals surface area contributed by atoms with Crippen LogP contribution in [0.25, 0.3) is 0 Å². The monoisotopic (exact) mass is 262 g/mol. The number of rotatable bonds is 7. The van der Waals surface area contributed by atoms with Crippen molar-refractivity contribution in [1.29, 1.82) is 0 Å². The Labute approximate surface area is 112 Å². The van der Waals surface area contributed by atoms with Crippen molar-refractivity contribution in [3.05, 3.63) is 41.5 Å². The highest BCUT2D eigenvalue weighted by atomic mass is 16.4. The van der Waals surface area contributed by atoms with Crippen LogP contribution in [0.1, 0.15) is 42.1 Å². The van der Waals surface area contributed by atoms with Crippen LogP contribution in [0.5, 0.6) is 5.75 Å². The molecule has 0 amide bonds. The van der Waals surface area contributed by atoms with E-state index in [1.165, 1.54) is 13.0 Å². The molecule has 0 fully saturated rings. The van der Waals surface area contributed by atoms with E-state index in [0.717, 1.165) is 0 Å². The Hall–Kier alpha value is -2.10. The first-order valence-electron chi connectivity index (χ1n) is 6.20. The van der Waals surface area contributed by atoms with Gasteiger partial charge in [-0.2, -0.15) is 0 Å². The highest BCUT2D eigenvalue weighted by molar-refractivity contribution is 5.94. The van der Waals surface area contributed by atoms with E-state index < -0.39 is 5.97 Å². The number of Topliss-reactive ketones (excluding diaryl/α,β-unsaturated/α-hetero) is 1. The minimum Gasteiger partial charge on any atom is -0.508 e. The van der Waals surface area contributed by atoms with Gasteiger partial charge in [-0.05, 0) is 49.9 Å². The molecule has 0 aliphatic carbocycles. The molecule has 1 rings (SSSR count). The summed E-state index contributed by atoms with van der Waals surface area (Å²) in [5.41, 5.74) is 1.27. The summed E-state index contributed by atoms with van der Waals surface area (Å²) in [6.07, 6.45) is 5.75. The molecule has 0 radical (unpaired) electrons. The second kappa shape index (κ2) is 7.36. The van der Waals surface area contributed by atoms with Gasteiger partial charge in [-0.25, -0.2) is 0 Å². The number of carboxylic acid groups (broad SMARTS) is 1. The van der Waals surface area contributed by atoms with Crippen molar-refractivity contribution < 1.29 is 19.8 Å². The fourth-order valence-corrected chi connectivity index (χ4v) is 1.67. The number of hydrogen-bond acceptors (Lipinski definition) is 3. The molecule has 0 atom stereocenters. The zero-order valence-corrected chi connectivity index (χ0v) is 10.9. The first-order valence-corrected chi connectivity index (χ1v) is 6.20. The predicted molar refractivity (Wildman–Crippen MR) is 72.4 cm³/mol. The van der Waals surface area contributed by atoms with Crippen LogP contribution in [0.15, 0.2) is 30.4 Å². The molecule has 0 bridgehead atoms. The summed E-state index contributed by atoms with van der Waals surface area (Å²) in [6.45, 7) is 1.48. The fraction of sp³-hybridized carbons (Fsp3) is 0.333. The maximum Gasteiger partial charge on any atom is 0.303 e. The topological polar surface area (TPSA) is 74.6 Å². The molecule has 0 saturated carbocycles. The number of carboxylic acids is 1. The number of carbonyl (C=O) groups is 2. The summed E-state index contributed by atoms with van der Waals surface area (Å²) >= 11 is 0. The number of benzene rings is 1. The number of phenols is 1. The van der Waals surface area contributed by atoms with E-state index in [0.29, 0.717) is 30.4 Å². The maximum absolute atomic E-state index is 11.2. The SMILES string of the molecule is CC(=O)c1ccc(O)c(C/C=C\CCCC(=O)O)c1. The first kappa shape index (κ1) is 15.0. The summed E-state index contributed by atoms with van der Waals surface area (Å²) in [5.74, 6) is -0.660. The maximum atomic E-state index is 11.2. The molecule has 2 N–H and O–H groups in total. The van der Waals surface area contributed by atoms with Crippen molar-refractivity contribution in [1.82, 2.24) is 0 Å². The Balaban J connectivity index is 2.52. The Bertz CT molecular complexity index is 489. The lowest BCUT2D eigenvalue weighted by Gasteiger charge is -2.03. The van der Waals surface area contributed by atoms with Gasteiger partial charge in [-0.1, -0.05) is 12.2 Å². The van der Waals surface area contributed by atoms with Crippen molar-refractivity contribution in [3.63, 3.8) is 0 Å². The number of hydrogen-bond donors (Lipinski definition) is 2. The molecular weight excluding hydrogens is 244 g/mol.